The number of thioether (sulfide) groups is 1. The molecule has 4 nitrogen and oxygen atoms in total. The highest BCUT2D eigenvalue weighted by molar-refractivity contribution is 7.98. The number of rotatable bonds is 10. The van der Waals surface area contributed by atoms with Crippen LogP contribution in [-0.4, -0.2) is 62.6 Å². The van der Waals surface area contributed by atoms with E-state index in [1.54, 1.807) is 0 Å². The van der Waals surface area contributed by atoms with E-state index in [1.807, 2.05) is 18.8 Å². The molecule has 5 heteroatoms. The summed E-state index contributed by atoms with van der Waals surface area (Å²) in [7, 11) is 4.14. The van der Waals surface area contributed by atoms with Crippen LogP contribution in [0.4, 0.5) is 0 Å². The summed E-state index contributed by atoms with van der Waals surface area (Å²) in [5.74, 6) is 2.20. The van der Waals surface area contributed by atoms with Crippen molar-refractivity contribution in [1.82, 2.24) is 15.5 Å². The van der Waals surface area contributed by atoms with Gasteiger partial charge in [0.25, 0.3) is 0 Å². The van der Waals surface area contributed by atoms with Gasteiger partial charge in [0, 0.05) is 26.2 Å². The molecule has 0 radical (unpaired) electrons. The summed E-state index contributed by atoms with van der Waals surface area (Å²) in [5, 5.41) is 6.82. The quantitative estimate of drug-likeness (QED) is 0.367. The average Bonchev–Trinajstić information content (AvgIpc) is 2.57. The maximum Gasteiger partial charge on any atom is 0.190 e. The van der Waals surface area contributed by atoms with Crippen LogP contribution in [0.3, 0.4) is 0 Å². The lowest BCUT2D eigenvalue weighted by Gasteiger charge is -2.31. The number of aliphatic imine (C=N–C) groups is 1. The number of hydrogen-bond donors (Lipinski definition) is 2. The van der Waals surface area contributed by atoms with E-state index in [-0.39, 0.29) is 0 Å². The first-order valence-electron chi connectivity index (χ1n) is 8.91. The minimum Gasteiger partial charge on any atom is -0.356 e. The lowest BCUT2D eigenvalue weighted by Crippen LogP contribution is -2.40. The molecular formula is C17H36N4S. The van der Waals surface area contributed by atoms with Gasteiger partial charge in [-0.15, -0.1) is 0 Å². The summed E-state index contributed by atoms with van der Waals surface area (Å²) in [6.07, 6.45) is 12.9. The van der Waals surface area contributed by atoms with Crippen LogP contribution in [-0.2, 0) is 0 Å². The maximum atomic E-state index is 4.29. The van der Waals surface area contributed by atoms with Gasteiger partial charge >= 0.3 is 0 Å². The molecule has 1 aliphatic carbocycles. The van der Waals surface area contributed by atoms with Crippen LogP contribution in [0.15, 0.2) is 4.99 Å². The Kier molecular flexibility index (Phi) is 11.6. The number of guanidine groups is 1. The highest BCUT2D eigenvalue weighted by Gasteiger charge is 2.17. The van der Waals surface area contributed by atoms with Gasteiger partial charge in [-0.05, 0) is 57.7 Å². The number of unbranched alkanes of at least 4 members (excludes halogenated alkanes) is 1. The van der Waals surface area contributed by atoms with Gasteiger partial charge in [-0.2, -0.15) is 11.8 Å². The van der Waals surface area contributed by atoms with Crippen LogP contribution in [0.2, 0.25) is 0 Å². The Morgan fingerprint density at radius 2 is 1.77 bits per heavy atom. The van der Waals surface area contributed by atoms with Crippen LogP contribution in [0, 0.1) is 0 Å². The van der Waals surface area contributed by atoms with Gasteiger partial charge in [-0.3, -0.25) is 4.99 Å². The van der Waals surface area contributed by atoms with Crippen molar-refractivity contribution >= 4 is 17.7 Å². The zero-order valence-electron chi connectivity index (χ0n) is 14.9. The minimum absolute atomic E-state index is 0.822. The third kappa shape index (κ3) is 8.89. The summed E-state index contributed by atoms with van der Waals surface area (Å²) in [6.45, 7) is 3.20. The molecule has 0 saturated heterocycles. The molecule has 0 aliphatic heterocycles. The van der Waals surface area contributed by atoms with Crippen molar-refractivity contribution in [3.8, 4) is 0 Å². The zero-order chi connectivity index (χ0) is 16.0. The first-order valence-corrected chi connectivity index (χ1v) is 10.3. The van der Waals surface area contributed by atoms with E-state index < -0.39 is 0 Å². The Morgan fingerprint density at radius 3 is 2.41 bits per heavy atom. The standard InChI is InChI=1S/C17H36N4S/c1-18-17(19-12-7-8-15-22-3)20-13-9-14-21(2)16-10-5-4-6-11-16/h16H,4-15H2,1-3H3,(H2,18,19,20). The van der Waals surface area contributed by atoms with Crippen LogP contribution in [0.1, 0.15) is 51.4 Å². The van der Waals surface area contributed by atoms with Crippen LogP contribution >= 0.6 is 11.8 Å². The normalized spacial score (nSPS) is 17.0. The van der Waals surface area contributed by atoms with E-state index in [0.29, 0.717) is 0 Å². The lowest BCUT2D eigenvalue weighted by molar-refractivity contribution is 0.190. The van der Waals surface area contributed by atoms with Gasteiger partial charge in [0.05, 0.1) is 0 Å². The highest BCUT2D eigenvalue weighted by Crippen LogP contribution is 2.21. The average molecular weight is 329 g/mol. The molecule has 0 bridgehead atoms. The molecule has 2 N–H and O–H groups in total. The van der Waals surface area contributed by atoms with Crippen molar-refractivity contribution in [2.45, 2.75) is 57.4 Å². The molecule has 0 aromatic heterocycles. The Morgan fingerprint density at radius 1 is 1.09 bits per heavy atom. The predicted octanol–water partition coefficient (Wildman–Crippen LogP) is 2.95. The smallest absolute Gasteiger partial charge is 0.190 e. The van der Waals surface area contributed by atoms with Crippen molar-refractivity contribution in [3.05, 3.63) is 0 Å². The van der Waals surface area contributed by atoms with E-state index in [2.05, 4.69) is 33.8 Å². The minimum atomic E-state index is 0.822. The van der Waals surface area contributed by atoms with E-state index in [4.69, 9.17) is 0 Å². The topological polar surface area (TPSA) is 39.7 Å². The number of nitrogens with zero attached hydrogens (tertiary/aromatic N) is 2. The van der Waals surface area contributed by atoms with Crippen molar-refractivity contribution in [1.29, 1.82) is 0 Å². The Labute approximate surface area is 141 Å². The first kappa shape index (κ1) is 19.6. The molecule has 1 saturated carbocycles. The third-order valence-electron chi connectivity index (χ3n) is 4.47. The molecule has 0 spiro atoms. The van der Waals surface area contributed by atoms with E-state index >= 15 is 0 Å². The number of hydrogen-bond acceptors (Lipinski definition) is 3. The Bertz CT molecular complexity index is 290. The predicted molar refractivity (Wildman–Crippen MR) is 101 cm³/mol. The van der Waals surface area contributed by atoms with Gasteiger partial charge in [-0.1, -0.05) is 19.3 Å². The SMILES string of the molecule is CN=C(NCCCCSC)NCCCN(C)C1CCCCC1. The first-order chi connectivity index (χ1) is 10.8. The second-order valence-corrected chi connectivity index (χ2v) is 7.24. The van der Waals surface area contributed by atoms with Crippen molar-refractivity contribution < 1.29 is 0 Å². The van der Waals surface area contributed by atoms with Crippen molar-refractivity contribution in [2.75, 3.05) is 45.7 Å². The Balaban J connectivity index is 2.03. The van der Waals surface area contributed by atoms with Gasteiger partial charge in [0.1, 0.15) is 0 Å². The highest BCUT2D eigenvalue weighted by atomic mass is 32.2. The molecule has 0 unspecified atom stereocenters. The fraction of sp³-hybridized carbons (Fsp3) is 0.941. The van der Waals surface area contributed by atoms with E-state index in [0.717, 1.165) is 25.1 Å². The third-order valence-corrected chi connectivity index (χ3v) is 5.17. The van der Waals surface area contributed by atoms with Crippen LogP contribution < -0.4 is 10.6 Å². The molecular weight excluding hydrogens is 292 g/mol. The lowest BCUT2D eigenvalue weighted by atomic mass is 9.94. The monoisotopic (exact) mass is 328 g/mol. The molecule has 0 atom stereocenters. The largest absolute Gasteiger partial charge is 0.356 e. The molecule has 1 rings (SSSR count). The summed E-state index contributed by atoms with van der Waals surface area (Å²) < 4.78 is 0. The molecule has 1 fully saturated rings. The van der Waals surface area contributed by atoms with Gasteiger partial charge < -0.3 is 15.5 Å². The molecule has 130 valence electrons. The van der Waals surface area contributed by atoms with E-state index in [1.165, 1.54) is 63.7 Å². The summed E-state index contributed by atoms with van der Waals surface area (Å²) in [6, 6.07) is 0.822. The molecule has 0 aromatic carbocycles. The summed E-state index contributed by atoms with van der Waals surface area (Å²) in [4.78, 5) is 6.84. The molecule has 1 aliphatic rings. The van der Waals surface area contributed by atoms with Gasteiger partial charge in [0.15, 0.2) is 5.96 Å². The van der Waals surface area contributed by atoms with Gasteiger partial charge in [-0.25, -0.2) is 0 Å². The number of nitrogens with one attached hydrogen (secondary N) is 2. The van der Waals surface area contributed by atoms with E-state index in [9.17, 15) is 0 Å². The molecule has 0 heterocycles. The fourth-order valence-electron chi connectivity index (χ4n) is 3.04. The molecule has 0 aromatic rings. The Hall–Kier alpha value is -0.420. The summed E-state index contributed by atoms with van der Waals surface area (Å²) in [5.41, 5.74) is 0. The molecule has 22 heavy (non-hydrogen) atoms. The summed E-state index contributed by atoms with van der Waals surface area (Å²) >= 11 is 1.92. The van der Waals surface area contributed by atoms with Crippen LogP contribution in [0.5, 0.6) is 0 Å². The van der Waals surface area contributed by atoms with Crippen LogP contribution in [0.25, 0.3) is 0 Å². The van der Waals surface area contributed by atoms with Crippen molar-refractivity contribution in [2.24, 2.45) is 4.99 Å². The fourth-order valence-corrected chi connectivity index (χ4v) is 3.53. The maximum absolute atomic E-state index is 4.29. The molecule has 0 amide bonds. The van der Waals surface area contributed by atoms with Gasteiger partial charge in [0.2, 0.25) is 0 Å². The second-order valence-electron chi connectivity index (χ2n) is 6.25. The van der Waals surface area contributed by atoms with Crippen molar-refractivity contribution in [3.63, 3.8) is 0 Å². The zero-order valence-corrected chi connectivity index (χ0v) is 15.7. The second kappa shape index (κ2) is 13.1.